The first-order valence-electron chi connectivity index (χ1n) is 13.7. The van der Waals surface area contributed by atoms with Crippen molar-refractivity contribution in [3.05, 3.63) is 29.8 Å². The number of amides is 3. The van der Waals surface area contributed by atoms with Crippen molar-refractivity contribution in [1.29, 1.82) is 0 Å². The second-order valence-electron chi connectivity index (χ2n) is 10.9. The molecule has 0 aliphatic heterocycles. The number of ether oxygens (including phenoxy) is 1. The molecule has 3 N–H and O–H groups in total. The molecule has 0 bridgehead atoms. The highest BCUT2D eigenvalue weighted by atomic mass is 16.6. The predicted molar refractivity (Wildman–Crippen MR) is 147 cm³/mol. The fourth-order valence-corrected chi connectivity index (χ4v) is 4.15. The summed E-state index contributed by atoms with van der Waals surface area (Å²) in [5, 5.41) is 15.7. The van der Waals surface area contributed by atoms with Crippen molar-refractivity contribution in [2.75, 3.05) is 6.54 Å². The van der Waals surface area contributed by atoms with E-state index in [1.165, 1.54) is 12.1 Å². The zero-order valence-corrected chi connectivity index (χ0v) is 24.1. The lowest BCUT2D eigenvalue weighted by molar-refractivity contribution is -0.143. The van der Waals surface area contributed by atoms with Crippen LogP contribution in [0.15, 0.2) is 24.3 Å². The maximum atomic E-state index is 14.2. The molecule has 1 aromatic carbocycles. The zero-order chi connectivity index (χ0) is 28.2. The number of hydrogen-bond donors (Lipinski definition) is 3. The summed E-state index contributed by atoms with van der Waals surface area (Å²) in [5.41, 5.74) is -0.110. The molecule has 1 aromatic rings. The largest absolute Gasteiger partial charge is 0.508 e. The van der Waals surface area contributed by atoms with Crippen molar-refractivity contribution in [1.82, 2.24) is 15.5 Å². The highest BCUT2D eigenvalue weighted by molar-refractivity contribution is 5.92. The van der Waals surface area contributed by atoms with Crippen LogP contribution in [0.25, 0.3) is 0 Å². The van der Waals surface area contributed by atoms with E-state index in [0.29, 0.717) is 24.9 Å². The first-order chi connectivity index (χ1) is 17.3. The normalized spacial score (nSPS) is 14.7. The number of carbonyl (C=O) groups is 3. The highest BCUT2D eigenvalue weighted by Crippen LogP contribution is 2.27. The Balaban J connectivity index is 3.50. The minimum atomic E-state index is -0.906. The summed E-state index contributed by atoms with van der Waals surface area (Å²) in [6.45, 7) is 15.6. The molecule has 0 aliphatic rings. The first kappa shape index (κ1) is 32.3. The van der Waals surface area contributed by atoms with E-state index in [9.17, 15) is 19.5 Å². The van der Waals surface area contributed by atoms with Gasteiger partial charge in [0.05, 0.1) is 0 Å². The lowest BCUT2D eigenvalue weighted by Gasteiger charge is -2.36. The van der Waals surface area contributed by atoms with Crippen molar-refractivity contribution in [2.24, 2.45) is 5.92 Å². The van der Waals surface area contributed by atoms with Crippen LogP contribution in [0.3, 0.4) is 0 Å². The minimum absolute atomic E-state index is 0.0602. The molecule has 37 heavy (non-hydrogen) atoms. The Morgan fingerprint density at radius 2 is 1.59 bits per heavy atom. The van der Waals surface area contributed by atoms with Gasteiger partial charge in [0.2, 0.25) is 11.8 Å². The van der Waals surface area contributed by atoms with Crippen LogP contribution in [-0.4, -0.2) is 52.1 Å². The summed E-state index contributed by atoms with van der Waals surface area (Å²) in [4.78, 5) is 42.1. The summed E-state index contributed by atoms with van der Waals surface area (Å²) >= 11 is 0. The van der Waals surface area contributed by atoms with Gasteiger partial charge in [0, 0.05) is 12.6 Å². The number of rotatable bonds is 14. The lowest BCUT2D eigenvalue weighted by atomic mass is 9.95. The van der Waals surface area contributed by atoms with Crippen LogP contribution in [0.2, 0.25) is 0 Å². The smallest absolute Gasteiger partial charge is 0.408 e. The first-order valence-corrected chi connectivity index (χ1v) is 13.7. The van der Waals surface area contributed by atoms with Gasteiger partial charge in [0.1, 0.15) is 23.4 Å². The fourth-order valence-electron chi connectivity index (χ4n) is 4.15. The van der Waals surface area contributed by atoms with Crippen molar-refractivity contribution >= 4 is 17.9 Å². The van der Waals surface area contributed by atoms with Crippen LogP contribution < -0.4 is 10.6 Å². The molecule has 0 aromatic heterocycles. The van der Waals surface area contributed by atoms with Gasteiger partial charge in [-0.05, 0) is 64.2 Å². The van der Waals surface area contributed by atoms with Gasteiger partial charge < -0.3 is 25.4 Å². The lowest BCUT2D eigenvalue weighted by Crippen LogP contribution is -2.55. The summed E-state index contributed by atoms with van der Waals surface area (Å²) in [6.07, 6.45) is 4.28. The number of nitrogens with one attached hydrogen (secondary N) is 2. The Kier molecular flexibility index (Phi) is 13.5. The summed E-state index contributed by atoms with van der Waals surface area (Å²) in [5.74, 6) is -0.712. The van der Waals surface area contributed by atoms with Gasteiger partial charge in [-0.2, -0.15) is 0 Å². The van der Waals surface area contributed by atoms with E-state index < -0.39 is 23.8 Å². The van der Waals surface area contributed by atoms with Gasteiger partial charge in [0.25, 0.3) is 0 Å². The number of phenolic OH excluding ortho intramolecular Hbond substituents is 1. The van der Waals surface area contributed by atoms with Gasteiger partial charge in [-0.1, -0.05) is 65.5 Å². The number of unbranched alkanes of at least 4 members (excludes halogenated alkanes) is 2. The average Bonchev–Trinajstić information content (AvgIpc) is 2.81. The minimum Gasteiger partial charge on any atom is -0.508 e. The summed E-state index contributed by atoms with van der Waals surface area (Å²) < 4.78 is 5.45. The highest BCUT2D eigenvalue weighted by Gasteiger charge is 2.38. The van der Waals surface area contributed by atoms with E-state index in [0.717, 1.165) is 25.7 Å². The molecule has 4 atom stereocenters. The van der Waals surface area contributed by atoms with E-state index >= 15 is 0 Å². The van der Waals surface area contributed by atoms with Crippen LogP contribution in [0.4, 0.5) is 4.79 Å². The number of phenols is 1. The standard InChI is InChI=1S/C29H49N3O5/c1-9-12-13-19-32(27(35)24(20(4)11-3)31-28(36)37-29(6,7)8)25(22-15-17-23(33)18-16-22)26(34)30-21(5)14-10-2/h15-18,20-21,24-25,33H,9-14,19H2,1-8H3,(H,30,34)(H,31,36). The van der Waals surface area contributed by atoms with Crippen LogP contribution in [-0.2, 0) is 14.3 Å². The van der Waals surface area contributed by atoms with E-state index in [1.54, 1.807) is 37.8 Å². The Morgan fingerprint density at radius 1 is 0.973 bits per heavy atom. The number of carbonyl (C=O) groups excluding carboxylic acids is 3. The van der Waals surface area contributed by atoms with Gasteiger partial charge in [-0.15, -0.1) is 0 Å². The topological polar surface area (TPSA) is 108 Å². The summed E-state index contributed by atoms with van der Waals surface area (Å²) in [6, 6.07) is 4.55. The van der Waals surface area contributed by atoms with Crippen molar-refractivity contribution in [3.63, 3.8) is 0 Å². The molecule has 4 unspecified atom stereocenters. The average molecular weight is 520 g/mol. The number of aromatic hydroxyl groups is 1. The van der Waals surface area contributed by atoms with E-state index in [2.05, 4.69) is 24.5 Å². The Labute approximate surface area is 223 Å². The molecule has 0 aliphatic carbocycles. The third kappa shape index (κ3) is 11.0. The molecule has 0 fully saturated rings. The molecule has 0 saturated heterocycles. The third-order valence-electron chi connectivity index (χ3n) is 6.32. The monoisotopic (exact) mass is 519 g/mol. The van der Waals surface area contributed by atoms with Gasteiger partial charge in [-0.3, -0.25) is 9.59 Å². The molecule has 0 spiro atoms. The number of hydrogen-bond acceptors (Lipinski definition) is 5. The van der Waals surface area contributed by atoms with Gasteiger partial charge >= 0.3 is 6.09 Å². The van der Waals surface area contributed by atoms with Crippen molar-refractivity contribution in [2.45, 2.75) is 118 Å². The second-order valence-corrected chi connectivity index (χ2v) is 10.9. The molecular formula is C29H49N3O5. The molecule has 1 rings (SSSR count). The Bertz CT molecular complexity index is 850. The Hall–Kier alpha value is -2.77. The molecule has 8 nitrogen and oxygen atoms in total. The number of benzene rings is 1. The van der Waals surface area contributed by atoms with Crippen LogP contribution >= 0.6 is 0 Å². The molecule has 210 valence electrons. The second kappa shape index (κ2) is 15.5. The van der Waals surface area contributed by atoms with E-state index in [4.69, 9.17) is 4.74 Å². The molecule has 3 amide bonds. The molecular weight excluding hydrogens is 470 g/mol. The quantitative estimate of drug-likeness (QED) is 0.273. The number of alkyl carbamates (subject to hydrolysis) is 1. The predicted octanol–water partition coefficient (Wildman–Crippen LogP) is 5.70. The maximum Gasteiger partial charge on any atom is 0.408 e. The van der Waals surface area contributed by atoms with E-state index in [-0.39, 0.29) is 29.5 Å². The van der Waals surface area contributed by atoms with E-state index in [1.807, 2.05) is 20.8 Å². The van der Waals surface area contributed by atoms with Crippen LogP contribution in [0.5, 0.6) is 5.75 Å². The maximum absolute atomic E-state index is 14.2. The van der Waals surface area contributed by atoms with Crippen molar-refractivity contribution in [3.8, 4) is 5.75 Å². The van der Waals surface area contributed by atoms with Gasteiger partial charge in [0.15, 0.2) is 0 Å². The molecule has 8 heteroatoms. The molecule has 0 heterocycles. The third-order valence-corrected chi connectivity index (χ3v) is 6.32. The van der Waals surface area contributed by atoms with Crippen molar-refractivity contribution < 1.29 is 24.2 Å². The zero-order valence-electron chi connectivity index (χ0n) is 24.1. The molecule has 0 saturated carbocycles. The van der Waals surface area contributed by atoms with Crippen LogP contribution in [0, 0.1) is 5.92 Å². The molecule has 0 radical (unpaired) electrons. The van der Waals surface area contributed by atoms with Crippen LogP contribution in [0.1, 0.15) is 106 Å². The number of nitrogens with zero attached hydrogens (tertiary/aromatic N) is 1. The fraction of sp³-hybridized carbons (Fsp3) is 0.690. The SMILES string of the molecule is CCCCCN(C(=O)C(NC(=O)OC(C)(C)C)C(C)CC)C(C(=O)NC(C)CCC)c1ccc(O)cc1. The Morgan fingerprint density at radius 3 is 2.11 bits per heavy atom. The van der Waals surface area contributed by atoms with Gasteiger partial charge in [-0.25, -0.2) is 4.79 Å². The summed E-state index contributed by atoms with van der Waals surface area (Å²) in [7, 11) is 0.